The predicted molar refractivity (Wildman–Crippen MR) is 71.9 cm³/mol. The van der Waals surface area contributed by atoms with Crippen LogP contribution in [0.5, 0.6) is 0 Å². The van der Waals surface area contributed by atoms with Crippen LogP contribution >= 0.6 is 0 Å². The van der Waals surface area contributed by atoms with Gasteiger partial charge in [-0.25, -0.2) is 4.79 Å². The van der Waals surface area contributed by atoms with E-state index in [1.807, 2.05) is 0 Å². The van der Waals surface area contributed by atoms with E-state index in [9.17, 15) is 4.79 Å². The third kappa shape index (κ3) is 1.76. The standard InChI is InChI=1S/C16H18O2/c1-10-8-14-13(12-6-4-3-5-7-12)9-15(17)18-16(14)11(10)2/h3-6,9-12H,7-8H2,1-2H3/t10-,11?,12?/m1/s1. The molecule has 1 heterocycles. The highest BCUT2D eigenvalue weighted by Crippen LogP contribution is 2.41. The monoisotopic (exact) mass is 242 g/mol. The quantitative estimate of drug-likeness (QED) is 0.754. The van der Waals surface area contributed by atoms with Crippen LogP contribution in [-0.2, 0) is 6.42 Å². The maximum Gasteiger partial charge on any atom is 0.336 e. The van der Waals surface area contributed by atoms with Crippen molar-refractivity contribution in [2.24, 2.45) is 5.92 Å². The predicted octanol–water partition coefficient (Wildman–Crippen LogP) is 3.54. The molecular weight excluding hydrogens is 224 g/mol. The minimum Gasteiger partial charge on any atom is -0.427 e. The molecule has 3 atom stereocenters. The van der Waals surface area contributed by atoms with E-state index in [1.165, 1.54) is 11.1 Å². The van der Waals surface area contributed by atoms with Crippen molar-refractivity contribution in [1.29, 1.82) is 0 Å². The molecule has 2 heteroatoms. The molecule has 94 valence electrons. The molecule has 0 aliphatic heterocycles. The van der Waals surface area contributed by atoms with Crippen molar-refractivity contribution in [2.75, 3.05) is 0 Å². The minimum atomic E-state index is -0.201. The molecule has 0 radical (unpaired) electrons. The van der Waals surface area contributed by atoms with Gasteiger partial charge in [-0.3, -0.25) is 0 Å². The van der Waals surface area contributed by atoms with Crippen LogP contribution in [0.1, 0.15) is 49.0 Å². The Hall–Kier alpha value is -1.57. The normalized spacial score (nSPS) is 29.6. The number of rotatable bonds is 1. The molecule has 0 saturated carbocycles. The zero-order chi connectivity index (χ0) is 12.7. The first-order valence-corrected chi connectivity index (χ1v) is 6.67. The van der Waals surface area contributed by atoms with Crippen molar-refractivity contribution in [1.82, 2.24) is 0 Å². The third-order valence-corrected chi connectivity index (χ3v) is 4.30. The summed E-state index contributed by atoms with van der Waals surface area (Å²) in [5.41, 5.74) is 2.25. The lowest BCUT2D eigenvalue weighted by Gasteiger charge is -2.16. The fourth-order valence-corrected chi connectivity index (χ4v) is 3.04. The van der Waals surface area contributed by atoms with Crippen molar-refractivity contribution in [2.45, 2.75) is 38.5 Å². The Morgan fingerprint density at radius 3 is 2.83 bits per heavy atom. The maximum absolute atomic E-state index is 11.7. The molecule has 0 bridgehead atoms. The summed E-state index contributed by atoms with van der Waals surface area (Å²) >= 11 is 0. The van der Waals surface area contributed by atoms with Crippen LogP contribution in [0.25, 0.3) is 0 Å². The Bertz CT molecular complexity index is 577. The van der Waals surface area contributed by atoms with Crippen LogP contribution < -0.4 is 5.63 Å². The largest absolute Gasteiger partial charge is 0.427 e. The summed E-state index contributed by atoms with van der Waals surface area (Å²) in [4.78, 5) is 11.7. The molecule has 0 amide bonds. The van der Waals surface area contributed by atoms with Crippen molar-refractivity contribution >= 4 is 0 Å². The van der Waals surface area contributed by atoms with E-state index in [4.69, 9.17) is 4.42 Å². The maximum atomic E-state index is 11.7. The first-order chi connectivity index (χ1) is 8.66. The van der Waals surface area contributed by atoms with Crippen LogP contribution in [0.4, 0.5) is 0 Å². The molecule has 0 fully saturated rings. The Kier molecular flexibility index (Phi) is 2.73. The van der Waals surface area contributed by atoms with Crippen molar-refractivity contribution in [3.8, 4) is 0 Å². The molecule has 0 saturated heterocycles. The average Bonchev–Trinajstić information content (AvgIpc) is 2.66. The van der Waals surface area contributed by atoms with Crippen molar-refractivity contribution < 1.29 is 4.42 Å². The second kappa shape index (κ2) is 4.27. The first-order valence-electron chi connectivity index (χ1n) is 6.67. The van der Waals surface area contributed by atoms with Crippen LogP contribution in [0.15, 0.2) is 39.6 Å². The highest BCUT2D eigenvalue weighted by atomic mass is 16.4. The molecule has 1 aromatic heterocycles. The van der Waals surface area contributed by atoms with Gasteiger partial charge in [0.1, 0.15) is 5.76 Å². The van der Waals surface area contributed by atoms with Crippen LogP contribution in [0, 0.1) is 5.92 Å². The fourth-order valence-electron chi connectivity index (χ4n) is 3.04. The Balaban J connectivity index is 2.11. The lowest BCUT2D eigenvalue weighted by atomic mass is 9.89. The summed E-state index contributed by atoms with van der Waals surface area (Å²) in [5.74, 6) is 2.18. The molecule has 2 unspecified atom stereocenters. The molecule has 2 aliphatic carbocycles. The molecule has 1 aromatic rings. The van der Waals surface area contributed by atoms with Gasteiger partial charge in [-0.1, -0.05) is 38.2 Å². The van der Waals surface area contributed by atoms with Gasteiger partial charge >= 0.3 is 5.63 Å². The lowest BCUT2D eigenvalue weighted by Crippen LogP contribution is -2.09. The molecule has 2 nitrogen and oxygen atoms in total. The molecule has 2 aliphatic rings. The van der Waals surface area contributed by atoms with Gasteiger partial charge in [0.2, 0.25) is 0 Å². The van der Waals surface area contributed by atoms with Crippen LogP contribution in [-0.4, -0.2) is 0 Å². The van der Waals surface area contributed by atoms with E-state index in [-0.39, 0.29) is 5.63 Å². The number of hydrogen-bond acceptors (Lipinski definition) is 2. The van der Waals surface area contributed by atoms with Gasteiger partial charge in [0.15, 0.2) is 0 Å². The highest BCUT2D eigenvalue weighted by Gasteiger charge is 2.32. The molecular formula is C16H18O2. The molecule has 0 N–H and O–H groups in total. The summed E-state index contributed by atoms with van der Waals surface area (Å²) < 4.78 is 5.44. The topological polar surface area (TPSA) is 30.2 Å². The Morgan fingerprint density at radius 1 is 1.28 bits per heavy atom. The average molecular weight is 242 g/mol. The van der Waals surface area contributed by atoms with Crippen LogP contribution in [0.3, 0.4) is 0 Å². The fraction of sp³-hybridized carbons (Fsp3) is 0.438. The summed E-state index contributed by atoms with van der Waals surface area (Å²) in [7, 11) is 0. The summed E-state index contributed by atoms with van der Waals surface area (Å²) in [6, 6.07) is 1.69. The van der Waals surface area contributed by atoms with E-state index in [2.05, 4.69) is 38.2 Å². The molecule has 18 heavy (non-hydrogen) atoms. The second-order valence-electron chi connectivity index (χ2n) is 5.49. The molecule has 0 aromatic carbocycles. The van der Waals surface area contributed by atoms with E-state index in [1.54, 1.807) is 6.07 Å². The number of allylic oxidation sites excluding steroid dienone is 4. The Morgan fingerprint density at radius 2 is 2.11 bits per heavy atom. The SMILES string of the molecule is CC1c2oc(=O)cc(C3C=CC=CC3)c2C[C@H]1C. The van der Waals surface area contributed by atoms with Crippen molar-refractivity contribution in [3.63, 3.8) is 0 Å². The smallest absolute Gasteiger partial charge is 0.336 e. The third-order valence-electron chi connectivity index (χ3n) is 4.30. The van der Waals surface area contributed by atoms with Gasteiger partial charge in [-0.05, 0) is 29.9 Å². The van der Waals surface area contributed by atoms with Gasteiger partial charge < -0.3 is 4.42 Å². The van der Waals surface area contributed by atoms with E-state index in [0.717, 1.165) is 18.6 Å². The summed E-state index contributed by atoms with van der Waals surface area (Å²) in [5, 5.41) is 0. The number of hydrogen-bond donors (Lipinski definition) is 0. The van der Waals surface area contributed by atoms with Gasteiger partial charge in [-0.2, -0.15) is 0 Å². The Labute approximate surface area is 107 Å². The second-order valence-corrected chi connectivity index (χ2v) is 5.49. The lowest BCUT2D eigenvalue weighted by molar-refractivity contribution is 0.408. The van der Waals surface area contributed by atoms with Gasteiger partial charge in [0.25, 0.3) is 0 Å². The minimum absolute atomic E-state index is 0.201. The summed E-state index contributed by atoms with van der Waals surface area (Å²) in [6.45, 7) is 4.38. The van der Waals surface area contributed by atoms with Gasteiger partial charge in [0.05, 0.1) is 0 Å². The highest BCUT2D eigenvalue weighted by molar-refractivity contribution is 5.40. The van der Waals surface area contributed by atoms with Gasteiger partial charge in [0, 0.05) is 17.9 Å². The molecule has 3 rings (SSSR count). The van der Waals surface area contributed by atoms with E-state index >= 15 is 0 Å². The first kappa shape index (κ1) is 11.5. The number of fused-ring (bicyclic) bond motifs is 1. The zero-order valence-electron chi connectivity index (χ0n) is 10.8. The van der Waals surface area contributed by atoms with Gasteiger partial charge in [-0.15, -0.1) is 0 Å². The van der Waals surface area contributed by atoms with Crippen LogP contribution in [0.2, 0.25) is 0 Å². The van der Waals surface area contributed by atoms with E-state index < -0.39 is 0 Å². The summed E-state index contributed by atoms with van der Waals surface area (Å²) in [6.07, 6.45) is 10.5. The zero-order valence-corrected chi connectivity index (χ0v) is 10.8. The van der Waals surface area contributed by atoms with Crippen molar-refractivity contribution in [3.05, 3.63) is 57.7 Å². The molecule has 0 spiro atoms. The van der Waals surface area contributed by atoms with E-state index in [0.29, 0.717) is 17.8 Å².